The van der Waals surface area contributed by atoms with Crippen LogP contribution in [0.15, 0.2) is 18.2 Å². The smallest absolute Gasteiger partial charge is 0.408 e. The van der Waals surface area contributed by atoms with Crippen molar-refractivity contribution in [2.24, 2.45) is 0 Å². The van der Waals surface area contributed by atoms with Crippen molar-refractivity contribution in [1.29, 1.82) is 0 Å². The molecule has 2 unspecified atom stereocenters. The molecule has 32 heavy (non-hydrogen) atoms. The highest BCUT2D eigenvalue weighted by atomic mass is 32.1. The molecule has 0 aliphatic heterocycles. The first-order valence-electron chi connectivity index (χ1n) is 11.1. The van der Waals surface area contributed by atoms with E-state index in [0.29, 0.717) is 13.0 Å². The fourth-order valence-electron chi connectivity index (χ4n) is 3.31. The highest BCUT2D eigenvalue weighted by Gasteiger charge is 2.36. The van der Waals surface area contributed by atoms with Crippen LogP contribution >= 0.6 is 12.6 Å². The van der Waals surface area contributed by atoms with Crippen molar-refractivity contribution in [3.05, 3.63) is 34.9 Å². The Morgan fingerprint density at radius 2 is 1.75 bits per heavy atom. The van der Waals surface area contributed by atoms with Crippen LogP contribution in [-0.2, 0) is 14.3 Å². The van der Waals surface area contributed by atoms with E-state index in [1.54, 1.807) is 20.8 Å². The Morgan fingerprint density at radius 1 is 1.12 bits per heavy atom. The van der Waals surface area contributed by atoms with E-state index in [4.69, 9.17) is 4.74 Å². The Labute approximate surface area is 198 Å². The number of ether oxygens (including phenoxy) is 1. The van der Waals surface area contributed by atoms with Gasteiger partial charge in [0.1, 0.15) is 17.7 Å². The molecule has 0 radical (unpaired) electrons. The van der Waals surface area contributed by atoms with Gasteiger partial charge in [-0.2, -0.15) is 12.6 Å². The van der Waals surface area contributed by atoms with Crippen LogP contribution < -0.4 is 10.6 Å². The second-order valence-electron chi connectivity index (χ2n) is 9.34. The van der Waals surface area contributed by atoms with Crippen LogP contribution in [0, 0.1) is 13.8 Å². The molecule has 2 N–H and O–H groups in total. The average molecular weight is 466 g/mol. The molecule has 7 nitrogen and oxygen atoms in total. The third-order valence-electron chi connectivity index (χ3n) is 4.64. The number of rotatable bonds is 9. The lowest BCUT2D eigenvalue weighted by atomic mass is 9.96. The van der Waals surface area contributed by atoms with Crippen molar-refractivity contribution in [2.45, 2.75) is 85.5 Å². The van der Waals surface area contributed by atoms with E-state index in [1.807, 2.05) is 52.8 Å². The number of hydrogen-bond donors (Lipinski definition) is 3. The molecule has 2 atom stereocenters. The summed E-state index contributed by atoms with van der Waals surface area (Å²) in [5.74, 6) is -0.563. The van der Waals surface area contributed by atoms with Crippen LogP contribution in [0.1, 0.15) is 70.7 Å². The van der Waals surface area contributed by atoms with Crippen LogP contribution in [0.25, 0.3) is 0 Å². The third-order valence-corrected chi connectivity index (χ3v) is 5.00. The number of alkyl carbamates (subject to hydrolysis) is 1. The van der Waals surface area contributed by atoms with Gasteiger partial charge in [0.25, 0.3) is 0 Å². The second-order valence-corrected chi connectivity index (χ2v) is 9.70. The number of thiol groups is 1. The monoisotopic (exact) mass is 465 g/mol. The van der Waals surface area contributed by atoms with Gasteiger partial charge in [0.2, 0.25) is 11.8 Å². The molecule has 1 aromatic rings. The summed E-state index contributed by atoms with van der Waals surface area (Å²) in [6.45, 7) is 15.2. The Balaban J connectivity index is 3.39. The summed E-state index contributed by atoms with van der Waals surface area (Å²) in [5, 5.41) is 5.56. The fourth-order valence-corrected chi connectivity index (χ4v) is 3.56. The predicted octanol–water partition coefficient (Wildman–Crippen LogP) is 3.93. The largest absolute Gasteiger partial charge is 0.444 e. The Kier molecular flexibility index (Phi) is 10.5. The second kappa shape index (κ2) is 12.1. The minimum absolute atomic E-state index is 0.0730. The SMILES string of the molecule is CCCN(C(=O)C(CS)NC(=O)OC(C)(C)C)C(C(=O)NC(C)C)c1cc(C)ccc1C. The lowest BCUT2D eigenvalue weighted by Gasteiger charge is -2.35. The zero-order chi connectivity index (χ0) is 24.6. The number of nitrogens with zero attached hydrogens (tertiary/aromatic N) is 1. The number of amides is 3. The van der Waals surface area contributed by atoms with Crippen molar-refractivity contribution >= 4 is 30.5 Å². The molecular weight excluding hydrogens is 426 g/mol. The molecular formula is C24H39N3O4S. The van der Waals surface area contributed by atoms with Gasteiger partial charge in [0.05, 0.1) is 0 Å². The maximum Gasteiger partial charge on any atom is 0.408 e. The molecule has 1 rings (SSSR count). The van der Waals surface area contributed by atoms with E-state index in [9.17, 15) is 14.4 Å². The van der Waals surface area contributed by atoms with Crippen LogP contribution in [0.5, 0.6) is 0 Å². The zero-order valence-electron chi connectivity index (χ0n) is 20.6. The van der Waals surface area contributed by atoms with Gasteiger partial charge in [0, 0.05) is 18.3 Å². The molecule has 0 saturated carbocycles. The van der Waals surface area contributed by atoms with Gasteiger partial charge in [-0.3, -0.25) is 9.59 Å². The molecule has 0 aliphatic carbocycles. The van der Waals surface area contributed by atoms with Crippen LogP contribution in [0.4, 0.5) is 4.79 Å². The number of nitrogens with one attached hydrogen (secondary N) is 2. The van der Waals surface area contributed by atoms with Crippen LogP contribution in [-0.4, -0.2) is 52.8 Å². The van der Waals surface area contributed by atoms with Gasteiger partial charge in [-0.05, 0) is 66.0 Å². The first kappa shape index (κ1) is 27.8. The third kappa shape index (κ3) is 8.37. The Hall–Kier alpha value is -2.22. The molecule has 0 saturated heterocycles. The maximum atomic E-state index is 13.6. The van der Waals surface area contributed by atoms with Crippen molar-refractivity contribution in [3.63, 3.8) is 0 Å². The van der Waals surface area contributed by atoms with E-state index in [1.165, 1.54) is 4.90 Å². The van der Waals surface area contributed by atoms with Gasteiger partial charge >= 0.3 is 6.09 Å². The first-order valence-corrected chi connectivity index (χ1v) is 11.7. The molecule has 0 aromatic heterocycles. The van der Waals surface area contributed by atoms with Crippen LogP contribution in [0.3, 0.4) is 0 Å². The van der Waals surface area contributed by atoms with Gasteiger partial charge in [-0.25, -0.2) is 4.79 Å². The topological polar surface area (TPSA) is 87.7 Å². The number of hydrogen-bond acceptors (Lipinski definition) is 5. The van der Waals surface area contributed by atoms with Crippen molar-refractivity contribution in [1.82, 2.24) is 15.5 Å². The number of carbonyl (C=O) groups is 3. The minimum Gasteiger partial charge on any atom is -0.444 e. The number of carbonyl (C=O) groups excluding carboxylic acids is 3. The van der Waals surface area contributed by atoms with E-state index in [2.05, 4.69) is 23.3 Å². The van der Waals surface area contributed by atoms with Gasteiger partial charge < -0.3 is 20.3 Å². The average Bonchev–Trinajstić information content (AvgIpc) is 2.65. The molecule has 0 bridgehead atoms. The summed E-state index contributed by atoms with van der Waals surface area (Å²) in [7, 11) is 0. The fraction of sp³-hybridized carbons (Fsp3) is 0.625. The summed E-state index contributed by atoms with van der Waals surface area (Å²) in [5.41, 5.74) is 1.97. The molecule has 1 aromatic carbocycles. The lowest BCUT2D eigenvalue weighted by Crippen LogP contribution is -2.54. The van der Waals surface area contributed by atoms with Crippen LogP contribution in [0.2, 0.25) is 0 Å². The number of aryl methyl sites for hydroxylation is 2. The summed E-state index contributed by atoms with van der Waals surface area (Å²) < 4.78 is 5.31. The molecule has 0 aliphatic rings. The molecule has 0 heterocycles. The van der Waals surface area contributed by atoms with Gasteiger partial charge in [-0.15, -0.1) is 0 Å². The summed E-state index contributed by atoms with van der Waals surface area (Å²) in [6, 6.07) is 4.01. The molecule has 0 spiro atoms. The van der Waals surface area contributed by atoms with Gasteiger partial charge in [0.15, 0.2) is 0 Å². The van der Waals surface area contributed by atoms with E-state index >= 15 is 0 Å². The molecule has 3 amide bonds. The maximum absolute atomic E-state index is 13.6. The molecule has 8 heteroatoms. The Morgan fingerprint density at radius 3 is 2.25 bits per heavy atom. The highest BCUT2D eigenvalue weighted by Crippen LogP contribution is 2.27. The minimum atomic E-state index is -0.931. The molecule has 0 fully saturated rings. The Bertz CT molecular complexity index is 805. The van der Waals surface area contributed by atoms with Crippen molar-refractivity contribution < 1.29 is 19.1 Å². The van der Waals surface area contributed by atoms with Gasteiger partial charge in [-0.1, -0.05) is 30.7 Å². The first-order chi connectivity index (χ1) is 14.8. The standard InChI is InChI=1S/C24H39N3O4S/c1-9-12-27(22(29)19(14-32)26-23(30)31-24(6,7)8)20(21(28)25-15(2)3)18-13-16(4)10-11-17(18)5/h10-11,13,15,19-20,32H,9,12,14H2,1-8H3,(H,25,28)(H,26,30). The highest BCUT2D eigenvalue weighted by molar-refractivity contribution is 7.80. The normalized spacial score (nSPS) is 13.3. The van der Waals surface area contributed by atoms with E-state index in [0.717, 1.165) is 16.7 Å². The van der Waals surface area contributed by atoms with Crippen molar-refractivity contribution in [2.75, 3.05) is 12.3 Å². The van der Waals surface area contributed by atoms with E-state index < -0.39 is 23.8 Å². The van der Waals surface area contributed by atoms with E-state index in [-0.39, 0.29) is 23.6 Å². The zero-order valence-corrected chi connectivity index (χ0v) is 21.5. The summed E-state index contributed by atoms with van der Waals surface area (Å²) in [6.07, 6.45) is -0.0513. The summed E-state index contributed by atoms with van der Waals surface area (Å²) >= 11 is 4.29. The van der Waals surface area contributed by atoms with Crippen molar-refractivity contribution in [3.8, 4) is 0 Å². The lowest BCUT2D eigenvalue weighted by molar-refractivity contribution is -0.142. The number of benzene rings is 1. The summed E-state index contributed by atoms with van der Waals surface area (Å²) in [4.78, 5) is 40.8. The molecule has 180 valence electrons. The quantitative estimate of drug-likeness (QED) is 0.482. The predicted molar refractivity (Wildman–Crippen MR) is 131 cm³/mol.